The molecule has 366 valence electrons. The Balaban J connectivity index is 1.26. The Bertz CT molecular complexity index is 2310. The lowest BCUT2D eigenvalue weighted by atomic mass is 9.55. The fourth-order valence-corrected chi connectivity index (χ4v) is 11.3. The van der Waals surface area contributed by atoms with Gasteiger partial charge in [0.1, 0.15) is 36.1 Å². The molecule has 15 heteroatoms. The van der Waals surface area contributed by atoms with Crippen LogP contribution in [0.4, 0.5) is 10.5 Å². The Morgan fingerprint density at radius 3 is 2.41 bits per heavy atom. The van der Waals surface area contributed by atoms with Crippen molar-refractivity contribution in [3.05, 3.63) is 90.0 Å². The Morgan fingerprint density at radius 2 is 1.66 bits per heavy atom. The first kappa shape index (κ1) is 48.7. The number of hydrogen-bond donors (Lipinski definition) is 3. The van der Waals surface area contributed by atoms with Crippen molar-refractivity contribution in [2.24, 2.45) is 28.8 Å². The molecule has 2 fully saturated rings. The molecule has 0 unspecified atom stereocenters. The van der Waals surface area contributed by atoms with Gasteiger partial charge in [-0.15, -0.1) is 6.58 Å². The molecular formula is C53H67N3O12. The van der Waals surface area contributed by atoms with Crippen molar-refractivity contribution in [1.29, 1.82) is 0 Å². The Kier molecular flexibility index (Phi) is 16.1. The molecule has 3 aliphatic carbocycles. The number of methoxy groups -OCH3 is 2. The SMILES string of the molecule is C=CCO[C@@]12Oc3ccc(OC(=O)Nc4ccc(OC)cc4OC)cc3[C@H]3[C@H](CCCCO)[C@@H](CCCCO)C=C(C(=NOC)C[C@@H]1N(Cc1ccc4c(c1)OCO4)C(=O)CCC1CCCC1)[C@H]32. The summed E-state index contributed by atoms with van der Waals surface area (Å²) in [6.45, 7) is 4.69. The molecule has 0 saturated heterocycles. The summed E-state index contributed by atoms with van der Waals surface area (Å²) in [4.78, 5) is 36.5. The molecule has 3 aromatic carbocycles. The number of hydrogen-bond acceptors (Lipinski definition) is 13. The first-order valence-electron chi connectivity index (χ1n) is 24.2. The minimum Gasteiger partial charge on any atom is -0.497 e. The number of amides is 2. The fraction of sp³-hybridized carbons (Fsp3) is 0.528. The summed E-state index contributed by atoms with van der Waals surface area (Å²) in [6.07, 6.45) is 13.6. The molecule has 6 atom stereocenters. The summed E-state index contributed by atoms with van der Waals surface area (Å²) in [5, 5.41) is 27.5. The number of anilines is 1. The highest BCUT2D eigenvalue weighted by Gasteiger charge is 2.65. The van der Waals surface area contributed by atoms with Gasteiger partial charge in [-0.2, -0.15) is 0 Å². The number of carbonyl (C=O) groups is 2. The van der Waals surface area contributed by atoms with Gasteiger partial charge in [0.15, 0.2) is 11.5 Å². The molecule has 2 amide bonds. The quantitative estimate of drug-likeness (QED) is 0.0495. The average molecular weight is 938 g/mol. The van der Waals surface area contributed by atoms with Gasteiger partial charge in [-0.05, 0) is 103 Å². The number of benzene rings is 3. The third-order valence-corrected chi connectivity index (χ3v) is 14.4. The molecule has 2 aliphatic heterocycles. The lowest BCUT2D eigenvalue weighted by Crippen LogP contribution is -2.70. The highest BCUT2D eigenvalue weighted by atomic mass is 16.7. The van der Waals surface area contributed by atoms with Gasteiger partial charge in [-0.3, -0.25) is 10.1 Å². The van der Waals surface area contributed by atoms with Crippen LogP contribution in [-0.4, -0.2) is 92.6 Å². The first-order valence-corrected chi connectivity index (χ1v) is 24.2. The van der Waals surface area contributed by atoms with Crippen LogP contribution in [0.25, 0.3) is 0 Å². The number of ether oxygens (including phenoxy) is 7. The molecular weight excluding hydrogens is 871 g/mol. The molecule has 8 rings (SSSR count). The van der Waals surface area contributed by atoms with Gasteiger partial charge in [0.25, 0.3) is 0 Å². The van der Waals surface area contributed by atoms with Crippen molar-refractivity contribution in [1.82, 2.24) is 4.90 Å². The Hall–Kier alpha value is -5.77. The molecule has 3 N–H and O–H groups in total. The Morgan fingerprint density at radius 1 is 0.897 bits per heavy atom. The maximum atomic E-state index is 15.2. The summed E-state index contributed by atoms with van der Waals surface area (Å²) >= 11 is 0. The van der Waals surface area contributed by atoms with Crippen LogP contribution < -0.4 is 33.7 Å². The minimum absolute atomic E-state index is 0.0169. The van der Waals surface area contributed by atoms with Gasteiger partial charge in [-0.1, -0.05) is 61.9 Å². The molecule has 0 aromatic heterocycles. The largest absolute Gasteiger partial charge is 0.497 e. The van der Waals surface area contributed by atoms with Crippen LogP contribution in [0.3, 0.4) is 0 Å². The number of aliphatic hydroxyl groups excluding tert-OH is 2. The second-order valence-corrected chi connectivity index (χ2v) is 18.4. The molecule has 5 aliphatic rings. The van der Waals surface area contributed by atoms with Gasteiger partial charge >= 0.3 is 6.09 Å². The van der Waals surface area contributed by atoms with Gasteiger partial charge in [-0.25, -0.2) is 4.79 Å². The topological polar surface area (TPSA) is 176 Å². The number of oxime groups is 1. The van der Waals surface area contributed by atoms with Crippen LogP contribution in [0, 0.1) is 23.7 Å². The van der Waals surface area contributed by atoms with Crippen molar-refractivity contribution in [2.75, 3.05) is 53.3 Å². The van der Waals surface area contributed by atoms with E-state index in [2.05, 4.69) is 18.0 Å². The van der Waals surface area contributed by atoms with E-state index in [1.165, 1.54) is 27.1 Å². The second kappa shape index (κ2) is 22.6. The van der Waals surface area contributed by atoms with Gasteiger partial charge < -0.3 is 53.1 Å². The predicted octanol–water partition coefficient (Wildman–Crippen LogP) is 9.31. The smallest absolute Gasteiger partial charge is 0.417 e. The summed E-state index contributed by atoms with van der Waals surface area (Å²) in [5.41, 5.74) is 3.69. The molecule has 0 spiro atoms. The minimum atomic E-state index is -1.46. The van der Waals surface area contributed by atoms with Crippen LogP contribution in [0.15, 0.2) is 84.1 Å². The van der Waals surface area contributed by atoms with Crippen LogP contribution in [0.2, 0.25) is 0 Å². The lowest BCUT2D eigenvalue weighted by Gasteiger charge is -2.60. The van der Waals surface area contributed by atoms with Gasteiger partial charge in [0, 0.05) is 50.1 Å². The van der Waals surface area contributed by atoms with Crippen LogP contribution >= 0.6 is 0 Å². The van der Waals surface area contributed by atoms with E-state index in [9.17, 15) is 15.0 Å². The monoisotopic (exact) mass is 937 g/mol. The van der Waals surface area contributed by atoms with Gasteiger partial charge in [0.2, 0.25) is 18.5 Å². The number of aliphatic hydroxyl groups is 2. The van der Waals surface area contributed by atoms with Crippen molar-refractivity contribution >= 4 is 23.4 Å². The number of rotatable bonds is 22. The number of fused-ring (bicyclic) bond motifs is 3. The molecule has 3 aromatic rings. The zero-order valence-electron chi connectivity index (χ0n) is 39.6. The Labute approximate surface area is 399 Å². The molecule has 2 heterocycles. The van der Waals surface area contributed by atoms with Gasteiger partial charge in [0.05, 0.1) is 38.1 Å². The number of unbranched alkanes of at least 4 members (excludes halogenated alkanes) is 2. The van der Waals surface area contributed by atoms with E-state index >= 15 is 4.79 Å². The van der Waals surface area contributed by atoms with E-state index in [1.54, 1.807) is 37.5 Å². The van der Waals surface area contributed by atoms with Crippen LogP contribution in [0.5, 0.6) is 34.5 Å². The normalized spacial score (nSPS) is 24.0. The lowest BCUT2D eigenvalue weighted by molar-refractivity contribution is -0.258. The van der Waals surface area contributed by atoms with Crippen molar-refractivity contribution in [3.63, 3.8) is 0 Å². The van der Waals surface area contributed by atoms with E-state index in [1.807, 2.05) is 35.2 Å². The highest BCUT2D eigenvalue weighted by Crippen LogP contribution is 2.62. The summed E-state index contributed by atoms with van der Waals surface area (Å²) in [5.74, 6) is 1.24. The molecule has 0 radical (unpaired) electrons. The van der Waals surface area contributed by atoms with Crippen LogP contribution in [0.1, 0.15) is 101 Å². The standard InChI is InChI=1S/C53H67N3O12/c1-5-26-66-53-48(56(49(59)23-17-34-12-6-7-13-34)32-35-16-21-45-47(27-35)65-33-64-45)31-43(55-63-4)40-28-36(14-8-10-24-57)39(15-9-11-25-58)50(51(40)53)41-29-38(19-22-44(41)68-53)67-52(60)54-42-20-18-37(61-2)30-46(42)62-3/h5,16,18-22,27-30,34,36,39,48,50-51,57-58H,1,6-15,17,23-26,31-33H2,2-4H3,(H,54,60)/t36-,39+,48-,50+,51+,53+/m0/s1. The first-order chi connectivity index (χ1) is 33.2. The predicted molar refractivity (Wildman–Crippen MR) is 255 cm³/mol. The van der Waals surface area contributed by atoms with Crippen molar-refractivity contribution in [2.45, 2.75) is 108 Å². The summed E-state index contributed by atoms with van der Waals surface area (Å²) < 4.78 is 43.0. The molecule has 0 bridgehead atoms. The zero-order chi connectivity index (χ0) is 47.6. The number of allylic oxidation sites excluding steroid dienone is 1. The van der Waals surface area contributed by atoms with E-state index in [0.29, 0.717) is 71.1 Å². The maximum absolute atomic E-state index is 15.2. The van der Waals surface area contributed by atoms with E-state index < -0.39 is 23.8 Å². The van der Waals surface area contributed by atoms with Crippen molar-refractivity contribution < 1.29 is 57.8 Å². The average Bonchev–Trinajstić information content (AvgIpc) is 4.06. The number of carbonyl (C=O) groups excluding carboxylic acids is 2. The summed E-state index contributed by atoms with van der Waals surface area (Å²) in [7, 11) is 4.60. The fourth-order valence-electron chi connectivity index (χ4n) is 11.3. The van der Waals surface area contributed by atoms with E-state index in [0.717, 1.165) is 61.6 Å². The third kappa shape index (κ3) is 10.4. The zero-order valence-corrected chi connectivity index (χ0v) is 39.6. The summed E-state index contributed by atoms with van der Waals surface area (Å²) in [6, 6.07) is 15.6. The van der Waals surface area contributed by atoms with E-state index in [4.69, 9.17) is 43.2 Å². The molecule has 68 heavy (non-hydrogen) atoms. The second-order valence-electron chi connectivity index (χ2n) is 18.4. The van der Waals surface area contributed by atoms with Crippen LogP contribution in [-0.2, 0) is 20.9 Å². The third-order valence-electron chi connectivity index (χ3n) is 14.4. The van der Waals surface area contributed by atoms with Crippen molar-refractivity contribution in [3.8, 4) is 34.5 Å². The molecule has 15 nitrogen and oxygen atoms in total. The molecule has 2 saturated carbocycles. The van der Waals surface area contributed by atoms with E-state index in [-0.39, 0.29) is 63.2 Å². The highest BCUT2D eigenvalue weighted by molar-refractivity contribution is 6.03. The number of nitrogens with one attached hydrogen (secondary N) is 1. The number of nitrogens with zero attached hydrogens (tertiary/aromatic N) is 2. The maximum Gasteiger partial charge on any atom is 0.417 e.